The first-order valence-electron chi connectivity index (χ1n) is 5.65. The highest BCUT2D eigenvalue weighted by Crippen LogP contribution is 2.17. The van der Waals surface area contributed by atoms with Gasteiger partial charge in [-0.3, -0.25) is 9.20 Å². The zero-order valence-corrected chi connectivity index (χ0v) is 10.6. The maximum atomic E-state index is 11.7. The van der Waals surface area contributed by atoms with Crippen LogP contribution in [0.2, 0.25) is 0 Å². The molecule has 0 aliphatic carbocycles. The minimum atomic E-state index is -0.525. The van der Waals surface area contributed by atoms with E-state index in [1.165, 1.54) is 0 Å². The first kappa shape index (κ1) is 12.3. The number of rotatable bonds is 4. The second kappa shape index (κ2) is 4.59. The zero-order chi connectivity index (χ0) is 13.2. The molecule has 2 heterocycles. The fourth-order valence-corrected chi connectivity index (χ4v) is 1.61. The average molecular weight is 248 g/mol. The zero-order valence-electron chi connectivity index (χ0n) is 10.6. The molecule has 0 saturated carbocycles. The van der Waals surface area contributed by atoms with E-state index in [4.69, 9.17) is 0 Å². The second-order valence-electron chi connectivity index (χ2n) is 4.65. The van der Waals surface area contributed by atoms with Crippen molar-refractivity contribution in [1.82, 2.24) is 24.9 Å². The van der Waals surface area contributed by atoms with Gasteiger partial charge in [0.05, 0.1) is 5.41 Å². The Morgan fingerprint density at radius 2 is 2.28 bits per heavy atom. The molecule has 2 aromatic rings. The van der Waals surface area contributed by atoms with E-state index in [0.717, 1.165) is 0 Å². The Morgan fingerprint density at radius 3 is 3.00 bits per heavy atom. The normalized spacial score (nSPS) is 11.5. The van der Waals surface area contributed by atoms with Gasteiger partial charge < -0.3 is 10.6 Å². The lowest BCUT2D eigenvalue weighted by atomic mass is 9.92. The molecular weight excluding hydrogens is 232 g/mol. The summed E-state index contributed by atoms with van der Waals surface area (Å²) in [4.78, 5) is 15.9. The van der Waals surface area contributed by atoms with Gasteiger partial charge >= 0.3 is 0 Å². The number of nitrogens with one attached hydrogen (secondary N) is 2. The van der Waals surface area contributed by atoms with Crippen LogP contribution in [0, 0.1) is 5.41 Å². The Morgan fingerprint density at radius 1 is 1.50 bits per heavy atom. The molecule has 0 spiro atoms. The molecule has 0 saturated heterocycles. The van der Waals surface area contributed by atoms with Gasteiger partial charge in [0.15, 0.2) is 5.82 Å². The first-order valence-corrected chi connectivity index (χ1v) is 5.65. The fraction of sp³-hybridized carbons (Fsp3) is 0.455. The van der Waals surface area contributed by atoms with Crippen molar-refractivity contribution in [3.05, 3.63) is 18.7 Å². The van der Waals surface area contributed by atoms with Crippen LogP contribution in [0.3, 0.4) is 0 Å². The summed E-state index contributed by atoms with van der Waals surface area (Å²) < 4.78 is 1.77. The molecule has 2 rings (SSSR count). The molecule has 7 nitrogen and oxygen atoms in total. The number of fused-ring (bicyclic) bond motifs is 1. The molecular formula is C11H16N6O. The summed E-state index contributed by atoms with van der Waals surface area (Å²) in [6.07, 6.45) is 5.03. The summed E-state index contributed by atoms with van der Waals surface area (Å²) in [5, 5.41) is 13.6. The van der Waals surface area contributed by atoms with E-state index in [1.54, 1.807) is 30.2 Å². The standard InChI is InChI=1S/C11H16N6O/c1-11(2,10(18)12-3)6-14-8-9-16-15-7-17(9)5-4-13-8/h4-5,7H,6H2,1-3H3,(H,12,18)(H,13,14). The van der Waals surface area contributed by atoms with Crippen molar-refractivity contribution >= 4 is 17.4 Å². The monoisotopic (exact) mass is 248 g/mol. The number of hydrogen-bond acceptors (Lipinski definition) is 5. The van der Waals surface area contributed by atoms with E-state index < -0.39 is 5.41 Å². The predicted octanol–water partition coefficient (Wildman–Crippen LogP) is 0.308. The maximum absolute atomic E-state index is 11.7. The number of carbonyl (C=O) groups excluding carboxylic acids is 1. The van der Waals surface area contributed by atoms with Crippen molar-refractivity contribution in [2.45, 2.75) is 13.8 Å². The molecule has 2 aromatic heterocycles. The summed E-state index contributed by atoms with van der Waals surface area (Å²) in [6, 6.07) is 0. The van der Waals surface area contributed by atoms with Crippen LogP contribution in [0.5, 0.6) is 0 Å². The van der Waals surface area contributed by atoms with Gasteiger partial charge in [-0.2, -0.15) is 0 Å². The molecule has 1 amide bonds. The molecule has 0 unspecified atom stereocenters. The van der Waals surface area contributed by atoms with Crippen LogP contribution in [-0.4, -0.2) is 39.1 Å². The third-order valence-electron chi connectivity index (χ3n) is 2.76. The highest BCUT2D eigenvalue weighted by molar-refractivity contribution is 5.82. The van der Waals surface area contributed by atoms with Crippen molar-refractivity contribution in [3.8, 4) is 0 Å². The summed E-state index contributed by atoms with van der Waals surface area (Å²) >= 11 is 0. The van der Waals surface area contributed by atoms with E-state index >= 15 is 0 Å². The summed E-state index contributed by atoms with van der Waals surface area (Å²) in [7, 11) is 1.63. The topological polar surface area (TPSA) is 84.2 Å². The van der Waals surface area contributed by atoms with E-state index in [0.29, 0.717) is 18.0 Å². The predicted molar refractivity (Wildman–Crippen MR) is 67.1 cm³/mol. The summed E-state index contributed by atoms with van der Waals surface area (Å²) in [5.41, 5.74) is 0.119. The number of carbonyl (C=O) groups is 1. The fourth-order valence-electron chi connectivity index (χ4n) is 1.61. The lowest BCUT2D eigenvalue weighted by Gasteiger charge is -2.23. The molecule has 96 valence electrons. The Balaban J connectivity index is 2.15. The van der Waals surface area contributed by atoms with Crippen LogP contribution < -0.4 is 10.6 Å². The smallest absolute Gasteiger partial charge is 0.227 e. The second-order valence-corrected chi connectivity index (χ2v) is 4.65. The lowest BCUT2D eigenvalue weighted by molar-refractivity contribution is -0.128. The average Bonchev–Trinajstić information content (AvgIpc) is 2.84. The molecule has 18 heavy (non-hydrogen) atoms. The number of amides is 1. The maximum Gasteiger partial charge on any atom is 0.227 e. The Labute approximate surface area is 105 Å². The van der Waals surface area contributed by atoms with Crippen molar-refractivity contribution in [2.24, 2.45) is 5.41 Å². The van der Waals surface area contributed by atoms with Gasteiger partial charge in [-0.05, 0) is 13.8 Å². The Hall–Kier alpha value is -2.18. The number of aromatic nitrogens is 4. The molecule has 0 fully saturated rings. The van der Waals surface area contributed by atoms with Gasteiger partial charge in [0.2, 0.25) is 11.6 Å². The molecule has 0 radical (unpaired) electrons. The van der Waals surface area contributed by atoms with Gasteiger partial charge in [-0.1, -0.05) is 0 Å². The minimum Gasteiger partial charge on any atom is -0.366 e. The van der Waals surface area contributed by atoms with Crippen molar-refractivity contribution in [2.75, 3.05) is 18.9 Å². The van der Waals surface area contributed by atoms with E-state index in [1.807, 2.05) is 13.8 Å². The van der Waals surface area contributed by atoms with Gasteiger partial charge in [0.25, 0.3) is 0 Å². The molecule has 0 aliphatic heterocycles. The van der Waals surface area contributed by atoms with Crippen LogP contribution in [0.4, 0.5) is 5.82 Å². The molecule has 0 bridgehead atoms. The quantitative estimate of drug-likeness (QED) is 0.813. The van der Waals surface area contributed by atoms with Gasteiger partial charge in [-0.25, -0.2) is 4.98 Å². The van der Waals surface area contributed by atoms with Crippen LogP contribution in [0.15, 0.2) is 18.7 Å². The van der Waals surface area contributed by atoms with Gasteiger partial charge in [-0.15, -0.1) is 10.2 Å². The molecule has 0 aromatic carbocycles. The first-order chi connectivity index (χ1) is 8.54. The number of nitrogens with zero attached hydrogens (tertiary/aromatic N) is 4. The number of anilines is 1. The largest absolute Gasteiger partial charge is 0.366 e. The van der Waals surface area contributed by atoms with E-state index in [9.17, 15) is 4.79 Å². The van der Waals surface area contributed by atoms with Crippen molar-refractivity contribution in [1.29, 1.82) is 0 Å². The van der Waals surface area contributed by atoms with Crippen molar-refractivity contribution in [3.63, 3.8) is 0 Å². The highest BCUT2D eigenvalue weighted by atomic mass is 16.2. The SMILES string of the molecule is CNC(=O)C(C)(C)CNc1nccn2cnnc12. The highest BCUT2D eigenvalue weighted by Gasteiger charge is 2.26. The Kier molecular flexibility index (Phi) is 3.14. The summed E-state index contributed by atoms with van der Waals surface area (Å²) in [5.74, 6) is 0.593. The number of hydrogen-bond donors (Lipinski definition) is 2. The Bertz CT molecular complexity index is 561. The molecule has 2 N–H and O–H groups in total. The summed E-state index contributed by atoms with van der Waals surface area (Å²) in [6.45, 7) is 4.19. The lowest BCUT2D eigenvalue weighted by Crippen LogP contribution is -2.39. The molecule has 0 aliphatic rings. The van der Waals surface area contributed by atoms with Gasteiger partial charge in [0, 0.05) is 26.0 Å². The van der Waals surface area contributed by atoms with Crippen molar-refractivity contribution < 1.29 is 4.79 Å². The third-order valence-corrected chi connectivity index (χ3v) is 2.76. The van der Waals surface area contributed by atoms with Gasteiger partial charge in [0.1, 0.15) is 6.33 Å². The van der Waals surface area contributed by atoms with E-state index in [2.05, 4.69) is 25.8 Å². The third kappa shape index (κ3) is 2.24. The molecule has 7 heteroatoms. The van der Waals surface area contributed by atoms with Crippen LogP contribution >= 0.6 is 0 Å². The minimum absolute atomic E-state index is 0.0246. The molecule has 0 atom stereocenters. The van der Waals surface area contributed by atoms with E-state index in [-0.39, 0.29) is 5.91 Å². The van der Waals surface area contributed by atoms with Crippen LogP contribution in [-0.2, 0) is 4.79 Å². The van der Waals surface area contributed by atoms with Crippen LogP contribution in [0.25, 0.3) is 5.65 Å². The van der Waals surface area contributed by atoms with Crippen LogP contribution in [0.1, 0.15) is 13.8 Å².